The minimum Gasteiger partial charge on any atom is -0.478 e. The first kappa shape index (κ1) is 12.8. The van der Waals surface area contributed by atoms with Crippen LogP contribution < -0.4 is 5.32 Å². The molecule has 2 rings (SSSR count). The molecule has 0 unspecified atom stereocenters. The maximum absolute atomic E-state index is 11.0. The van der Waals surface area contributed by atoms with Gasteiger partial charge < -0.3 is 15.5 Å². The van der Waals surface area contributed by atoms with E-state index in [9.17, 15) is 9.90 Å². The number of carboxylic acids is 1. The Morgan fingerprint density at radius 1 is 1.44 bits per heavy atom. The second-order valence-electron chi connectivity index (χ2n) is 4.82. The summed E-state index contributed by atoms with van der Waals surface area (Å²) in [5.41, 5.74) is -0.0381. The Morgan fingerprint density at radius 3 is 2.78 bits per heavy atom. The van der Waals surface area contributed by atoms with E-state index < -0.39 is 5.97 Å². The van der Waals surface area contributed by atoms with Crippen LogP contribution in [0.25, 0.3) is 0 Å². The summed E-state index contributed by atoms with van der Waals surface area (Å²) < 4.78 is 0. The predicted octanol–water partition coefficient (Wildman–Crippen LogP) is 1.14. The molecule has 0 amide bonds. The molecule has 1 aromatic heterocycles. The van der Waals surface area contributed by atoms with Gasteiger partial charge in [0.2, 0.25) is 0 Å². The van der Waals surface area contributed by atoms with E-state index in [0.29, 0.717) is 6.54 Å². The van der Waals surface area contributed by atoms with Gasteiger partial charge in [-0.15, -0.1) is 5.10 Å². The van der Waals surface area contributed by atoms with E-state index in [2.05, 4.69) is 15.5 Å². The van der Waals surface area contributed by atoms with E-state index in [0.717, 1.165) is 25.7 Å². The monoisotopic (exact) mass is 251 g/mol. The van der Waals surface area contributed by atoms with E-state index in [4.69, 9.17) is 5.11 Å². The molecule has 1 fully saturated rings. The average Bonchev–Trinajstić information content (AvgIpc) is 2.86. The van der Waals surface area contributed by atoms with Crippen LogP contribution in [0.2, 0.25) is 0 Å². The van der Waals surface area contributed by atoms with Gasteiger partial charge in [0.15, 0.2) is 5.82 Å². The van der Waals surface area contributed by atoms with Gasteiger partial charge in [-0.2, -0.15) is 5.10 Å². The number of aliphatic hydroxyl groups excluding tert-OH is 1. The molecule has 0 spiro atoms. The van der Waals surface area contributed by atoms with Crippen LogP contribution in [0, 0.1) is 5.41 Å². The molecule has 0 saturated heterocycles. The third-order valence-corrected chi connectivity index (χ3v) is 3.58. The third kappa shape index (κ3) is 2.59. The molecule has 0 bridgehead atoms. The van der Waals surface area contributed by atoms with Gasteiger partial charge in [-0.1, -0.05) is 12.8 Å². The quantitative estimate of drug-likeness (QED) is 0.726. The summed E-state index contributed by atoms with van der Waals surface area (Å²) in [5.74, 6) is -0.762. The summed E-state index contributed by atoms with van der Waals surface area (Å²) in [7, 11) is 0. The van der Waals surface area contributed by atoms with Crippen LogP contribution in [0.1, 0.15) is 36.0 Å². The number of nitrogens with one attached hydrogen (secondary N) is 1. The second kappa shape index (κ2) is 5.30. The molecular weight excluding hydrogens is 234 g/mol. The summed E-state index contributed by atoms with van der Waals surface area (Å²) in [6, 6.07) is 1.41. The molecule has 0 aliphatic heterocycles. The van der Waals surface area contributed by atoms with Crippen molar-refractivity contribution in [3.8, 4) is 0 Å². The zero-order valence-electron chi connectivity index (χ0n) is 10.1. The van der Waals surface area contributed by atoms with Crippen LogP contribution in [0.15, 0.2) is 12.3 Å². The highest BCUT2D eigenvalue weighted by Gasteiger charge is 2.33. The fourth-order valence-electron chi connectivity index (χ4n) is 2.42. The van der Waals surface area contributed by atoms with Crippen molar-refractivity contribution >= 4 is 11.8 Å². The Balaban J connectivity index is 2.08. The molecule has 1 aromatic rings. The summed E-state index contributed by atoms with van der Waals surface area (Å²) >= 11 is 0. The zero-order chi connectivity index (χ0) is 13.0. The highest BCUT2D eigenvalue weighted by Crippen LogP contribution is 2.37. The van der Waals surface area contributed by atoms with Crippen molar-refractivity contribution < 1.29 is 15.0 Å². The lowest BCUT2D eigenvalue weighted by Gasteiger charge is -2.26. The van der Waals surface area contributed by atoms with E-state index in [1.54, 1.807) is 0 Å². The van der Waals surface area contributed by atoms with Crippen LogP contribution in [0.5, 0.6) is 0 Å². The molecule has 1 heterocycles. The second-order valence-corrected chi connectivity index (χ2v) is 4.82. The predicted molar refractivity (Wildman–Crippen MR) is 65.5 cm³/mol. The zero-order valence-corrected chi connectivity index (χ0v) is 10.1. The van der Waals surface area contributed by atoms with Crippen molar-refractivity contribution in [2.75, 3.05) is 18.5 Å². The number of rotatable bonds is 5. The van der Waals surface area contributed by atoms with E-state index >= 15 is 0 Å². The number of nitrogens with zero attached hydrogens (tertiary/aromatic N) is 2. The van der Waals surface area contributed by atoms with Crippen LogP contribution >= 0.6 is 0 Å². The molecule has 1 aliphatic carbocycles. The van der Waals surface area contributed by atoms with Gasteiger partial charge in [0.1, 0.15) is 5.56 Å². The largest absolute Gasteiger partial charge is 0.478 e. The standard InChI is InChI=1S/C12H17N3O3/c16-8-12(4-1-2-5-12)7-13-10-9(11(17)18)3-6-14-15-10/h3,6,16H,1-2,4-5,7-8H2,(H,13,15)(H,17,18). The van der Waals surface area contributed by atoms with Crippen molar-refractivity contribution in [1.82, 2.24) is 10.2 Å². The van der Waals surface area contributed by atoms with Gasteiger partial charge in [0.25, 0.3) is 0 Å². The van der Waals surface area contributed by atoms with E-state index in [-0.39, 0.29) is 23.4 Å². The Hall–Kier alpha value is -1.69. The highest BCUT2D eigenvalue weighted by molar-refractivity contribution is 5.92. The Bertz CT molecular complexity index is 430. The number of carboxylic acid groups (broad SMARTS) is 1. The van der Waals surface area contributed by atoms with Gasteiger partial charge in [-0.3, -0.25) is 0 Å². The average molecular weight is 251 g/mol. The van der Waals surface area contributed by atoms with E-state index in [1.165, 1.54) is 12.3 Å². The molecule has 1 saturated carbocycles. The number of anilines is 1. The molecule has 0 aromatic carbocycles. The van der Waals surface area contributed by atoms with Crippen molar-refractivity contribution in [3.05, 3.63) is 17.8 Å². The lowest BCUT2D eigenvalue weighted by molar-refractivity contribution is 0.0697. The van der Waals surface area contributed by atoms with Crippen LogP contribution in [-0.4, -0.2) is 39.5 Å². The lowest BCUT2D eigenvalue weighted by atomic mass is 9.87. The Morgan fingerprint density at radius 2 is 2.17 bits per heavy atom. The molecule has 0 radical (unpaired) electrons. The Labute approximate surface area is 105 Å². The third-order valence-electron chi connectivity index (χ3n) is 3.58. The summed E-state index contributed by atoms with van der Waals surface area (Å²) in [4.78, 5) is 11.0. The molecule has 98 valence electrons. The summed E-state index contributed by atoms with van der Waals surface area (Å²) in [6.45, 7) is 0.644. The molecule has 0 atom stereocenters. The van der Waals surface area contributed by atoms with Crippen LogP contribution in [-0.2, 0) is 0 Å². The summed E-state index contributed by atoms with van der Waals surface area (Å²) in [5, 5.41) is 29.0. The molecular formula is C12H17N3O3. The molecule has 18 heavy (non-hydrogen) atoms. The van der Waals surface area contributed by atoms with Gasteiger partial charge in [-0.05, 0) is 18.9 Å². The summed E-state index contributed by atoms with van der Waals surface area (Å²) in [6.07, 6.45) is 5.48. The highest BCUT2D eigenvalue weighted by atomic mass is 16.4. The molecule has 3 N–H and O–H groups in total. The van der Waals surface area contributed by atoms with Crippen LogP contribution in [0.4, 0.5) is 5.82 Å². The first-order chi connectivity index (χ1) is 8.67. The van der Waals surface area contributed by atoms with Crippen molar-refractivity contribution in [2.24, 2.45) is 5.41 Å². The number of hydrogen-bond donors (Lipinski definition) is 3. The molecule has 1 aliphatic rings. The minimum absolute atomic E-state index is 0.107. The number of hydrogen-bond acceptors (Lipinski definition) is 5. The number of aromatic nitrogens is 2. The van der Waals surface area contributed by atoms with Crippen molar-refractivity contribution in [2.45, 2.75) is 25.7 Å². The van der Waals surface area contributed by atoms with Gasteiger partial charge in [0, 0.05) is 12.0 Å². The van der Waals surface area contributed by atoms with Gasteiger partial charge >= 0.3 is 5.97 Å². The first-order valence-corrected chi connectivity index (χ1v) is 6.07. The van der Waals surface area contributed by atoms with Crippen molar-refractivity contribution in [1.29, 1.82) is 0 Å². The molecule has 6 heteroatoms. The topological polar surface area (TPSA) is 95.3 Å². The fourth-order valence-corrected chi connectivity index (χ4v) is 2.42. The van der Waals surface area contributed by atoms with Gasteiger partial charge in [-0.25, -0.2) is 4.79 Å². The number of carbonyl (C=O) groups is 1. The Kier molecular flexibility index (Phi) is 3.76. The van der Waals surface area contributed by atoms with Crippen LogP contribution in [0.3, 0.4) is 0 Å². The maximum Gasteiger partial charge on any atom is 0.339 e. The minimum atomic E-state index is -1.03. The lowest BCUT2D eigenvalue weighted by Crippen LogP contribution is -2.31. The number of aromatic carboxylic acids is 1. The first-order valence-electron chi connectivity index (χ1n) is 6.07. The maximum atomic E-state index is 11.0. The normalized spacial score (nSPS) is 17.6. The number of aliphatic hydroxyl groups is 1. The van der Waals surface area contributed by atoms with E-state index in [1.807, 2.05) is 0 Å². The van der Waals surface area contributed by atoms with Gasteiger partial charge in [0.05, 0.1) is 12.8 Å². The fraction of sp³-hybridized carbons (Fsp3) is 0.583. The van der Waals surface area contributed by atoms with Crippen molar-refractivity contribution in [3.63, 3.8) is 0 Å². The smallest absolute Gasteiger partial charge is 0.339 e. The SMILES string of the molecule is O=C(O)c1ccnnc1NCC1(CO)CCCC1. The molecule has 6 nitrogen and oxygen atoms in total.